The Morgan fingerprint density at radius 3 is 1.61 bits per heavy atom. The van der Waals surface area contributed by atoms with Gasteiger partial charge in [0.1, 0.15) is 11.2 Å². The quantitative estimate of drug-likeness (QED) is 0.176. The minimum absolute atomic E-state index is 0.647. The predicted molar refractivity (Wildman–Crippen MR) is 236 cm³/mol. The third-order valence-electron chi connectivity index (χ3n) is 11.1. The second-order valence-electron chi connectivity index (χ2n) is 14.3. The monoisotopic (exact) mass is 746 g/mol. The van der Waals surface area contributed by atoms with Gasteiger partial charge >= 0.3 is 0 Å². The fourth-order valence-corrected chi connectivity index (χ4v) is 9.87. The molecule has 0 aliphatic heterocycles. The summed E-state index contributed by atoms with van der Waals surface area (Å²) in [4.78, 5) is 15.2. The highest BCUT2D eigenvalue weighted by molar-refractivity contribution is 7.26. The molecule has 0 radical (unpaired) electrons. The third kappa shape index (κ3) is 4.91. The number of thiophene rings is 1. The summed E-state index contributed by atoms with van der Waals surface area (Å²) < 4.78 is 11.5. The summed E-state index contributed by atoms with van der Waals surface area (Å²) in [5.74, 6) is 1.95. The van der Waals surface area contributed by atoms with Gasteiger partial charge in [-0.3, -0.25) is 0 Å². The van der Waals surface area contributed by atoms with Crippen molar-refractivity contribution in [3.8, 4) is 51.0 Å². The second kappa shape index (κ2) is 12.6. The van der Waals surface area contributed by atoms with Gasteiger partial charge in [0.15, 0.2) is 17.5 Å². The maximum Gasteiger partial charge on any atom is 0.164 e. The van der Waals surface area contributed by atoms with Crippen molar-refractivity contribution in [2.24, 2.45) is 0 Å². The molecule has 0 aliphatic carbocycles. The lowest BCUT2D eigenvalue weighted by Gasteiger charge is -2.11. The predicted octanol–water partition coefficient (Wildman–Crippen LogP) is 13.9. The normalized spacial score (nSPS) is 11.9. The van der Waals surface area contributed by atoms with E-state index in [1.54, 1.807) is 0 Å². The molecule has 0 fully saturated rings. The highest BCUT2D eigenvalue weighted by Crippen LogP contribution is 2.47. The van der Waals surface area contributed by atoms with E-state index in [0.717, 1.165) is 60.8 Å². The number of fused-ring (bicyclic) bond motifs is 9. The Hall–Kier alpha value is -7.41. The first-order valence-corrected chi connectivity index (χ1v) is 19.8. The Bertz CT molecular complexity index is 3420. The molecular weight excluding hydrogens is 717 g/mol. The van der Waals surface area contributed by atoms with Crippen molar-refractivity contribution in [1.29, 1.82) is 0 Å². The third-order valence-corrected chi connectivity index (χ3v) is 12.3. The number of hydrogen-bond acceptors (Lipinski definition) is 5. The van der Waals surface area contributed by atoms with Crippen molar-refractivity contribution in [3.63, 3.8) is 0 Å². The van der Waals surface area contributed by atoms with Crippen molar-refractivity contribution in [2.45, 2.75) is 0 Å². The molecule has 0 saturated carbocycles. The summed E-state index contributed by atoms with van der Waals surface area (Å²) in [6.07, 6.45) is 0. The first-order valence-electron chi connectivity index (χ1n) is 19.0. The summed E-state index contributed by atoms with van der Waals surface area (Å²) in [6.45, 7) is 0. The average Bonchev–Trinajstić information content (AvgIpc) is 3.97. The molecule has 0 spiro atoms. The summed E-state index contributed by atoms with van der Waals surface area (Å²) >= 11 is 1.81. The number of hydrogen-bond donors (Lipinski definition) is 0. The van der Waals surface area contributed by atoms with E-state index in [4.69, 9.17) is 19.4 Å². The van der Waals surface area contributed by atoms with Crippen LogP contribution in [0.3, 0.4) is 0 Å². The molecule has 0 unspecified atom stereocenters. The van der Waals surface area contributed by atoms with E-state index in [2.05, 4.69) is 126 Å². The van der Waals surface area contributed by atoms with Crippen LogP contribution in [-0.2, 0) is 0 Å². The zero-order valence-corrected chi connectivity index (χ0v) is 31.2. The lowest BCUT2D eigenvalue weighted by atomic mass is 9.96. The minimum Gasteiger partial charge on any atom is -0.456 e. The Labute approximate surface area is 330 Å². The molecule has 5 nitrogen and oxygen atoms in total. The summed E-state index contributed by atoms with van der Waals surface area (Å²) in [7, 11) is 0. The Kier molecular flexibility index (Phi) is 7.03. The first-order chi connectivity index (χ1) is 28.3. The molecule has 4 aromatic heterocycles. The summed E-state index contributed by atoms with van der Waals surface area (Å²) in [6, 6.07) is 63.6. The van der Waals surface area contributed by atoms with Gasteiger partial charge in [-0.15, -0.1) is 11.3 Å². The summed E-state index contributed by atoms with van der Waals surface area (Å²) in [5.41, 5.74) is 10.3. The van der Waals surface area contributed by atoms with Crippen LogP contribution < -0.4 is 0 Å². The Morgan fingerprint density at radius 1 is 0.386 bits per heavy atom. The van der Waals surface area contributed by atoms with Gasteiger partial charge in [-0.1, -0.05) is 146 Å². The van der Waals surface area contributed by atoms with Gasteiger partial charge in [0.25, 0.3) is 0 Å². The fraction of sp³-hybridized carbons (Fsp3) is 0. The van der Waals surface area contributed by atoms with Gasteiger partial charge in [-0.05, 0) is 42.0 Å². The SMILES string of the molecule is c1ccc(-c2nc(-c3ccccc3)nc(-c3cccc4sc5c(-c6cccc7oc8cccc(-n9c%10ccccc%10c%10ccccc%109)c8c67)cccc5c34)n2)cc1. The van der Waals surface area contributed by atoms with Gasteiger partial charge in [0.2, 0.25) is 0 Å². The lowest BCUT2D eigenvalue weighted by molar-refractivity contribution is 0.669. The maximum absolute atomic E-state index is 6.69. The lowest BCUT2D eigenvalue weighted by Crippen LogP contribution is -2.00. The Morgan fingerprint density at radius 2 is 0.912 bits per heavy atom. The molecule has 0 amide bonds. The molecule has 12 aromatic rings. The first kappa shape index (κ1) is 31.9. The van der Waals surface area contributed by atoms with E-state index in [1.807, 2.05) is 72.0 Å². The topological polar surface area (TPSA) is 56.7 Å². The molecule has 0 aliphatic rings. The minimum atomic E-state index is 0.647. The van der Waals surface area contributed by atoms with Crippen LogP contribution >= 0.6 is 11.3 Å². The highest BCUT2D eigenvalue weighted by Gasteiger charge is 2.23. The van der Waals surface area contributed by atoms with Gasteiger partial charge < -0.3 is 8.98 Å². The molecule has 4 heterocycles. The number of para-hydroxylation sites is 2. The molecule has 57 heavy (non-hydrogen) atoms. The van der Waals surface area contributed by atoms with Crippen molar-refractivity contribution in [2.75, 3.05) is 0 Å². The molecule has 0 bridgehead atoms. The van der Waals surface area contributed by atoms with Crippen LogP contribution in [0.4, 0.5) is 0 Å². The van der Waals surface area contributed by atoms with Crippen LogP contribution in [0.15, 0.2) is 186 Å². The van der Waals surface area contributed by atoms with Crippen LogP contribution in [0.25, 0.3) is 115 Å². The second-order valence-corrected chi connectivity index (χ2v) is 15.4. The number of aromatic nitrogens is 4. The molecule has 8 aromatic carbocycles. The van der Waals surface area contributed by atoms with E-state index in [-0.39, 0.29) is 0 Å². The van der Waals surface area contributed by atoms with Crippen molar-refractivity contribution in [3.05, 3.63) is 182 Å². The summed E-state index contributed by atoms with van der Waals surface area (Å²) in [5, 5.41) is 6.97. The van der Waals surface area contributed by atoms with E-state index in [0.29, 0.717) is 17.5 Å². The van der Waals surface area contributed by atoms with Crippen LogP contribution in [0.2, 0.25) is 0 Å². The van der Waals surface area contributed by atoms with E-state index < -0.39 is 0 Å². The van der Waals surface area contributed by atoms with Crippen molar-refractivity contribution in [1.82, 2.24) is 19.5 Å². The number of rotatable bonds is 5. The van der Waals surface area contributed by atoms with E-state index in [9.17, 15) is 0 Å². The standard InChI is InChI=1S/C51H30N4OS/c1-3-15-31(16-4-1)49-52-50(32-17-5-2-6-18-32)54-51(53-49)38-24-13-30-44-45(38)37-23-11-22-36(48(37)57-44)35-21-12-28-42-46(35)47-41(27-14-29-43(47)56-42)55-39-25-9-7-19-33(39)34-20-8-10-26-40(34)55/h1-30H. The van der Waals surface area contributed by atoms with Crippen molar-refractivity contribution < 1.29 is 4.42 Å². The molecule has 0 atom stereocenters. The van der Waals surface area contributed by atoms with Crippen LogP contribution in [0.5, 0.6) is 0 Å². The molecule has 266 valence electrons. The molecule has 6 heteroatoms. The molecule has 12 rings (SSSR count). The molecule has 0 saturated heterocycles. The van der Waals surface area contributed by atoms with E-state index >= 15 is 0 Å². The van der Waals surface area contributed by atoms with Gasteiger partial charge in [0.05, 0.1) is 22.1 Å². The van der Waals surface area contributed by atoms with Crippen molar-refractivity contribution >= 4 is 75.3 Å². The zero-order chi connectivity index (χ0) is 37.5. The largest absolute Gasteiger partial charge is 0.456 e. The molecular formula is C51H30N4OS. The highest BCUT2D eigenvalue weighted by atomic mass is 32.1. The number of furan rings is 1. The zero-order valence-electron chi connectivity index (χ0n) is 30.4. The maximum atomic E-state index is 6.69. The molecule has 0 N–H and O–H groups in total. The van der Waals surface area contributed by atoms with Gasteiger partial charge in [-0.25, -0.2) is 15.0 Å². The van der Waals surface area contributed by atoms with Crippen LogP contribution in [0, 0.1) is 0 Å². The smallest absolute Gasteiger partial charge is 0.164 e. The Balaban J connectivity index is 1.11. The number of nitrogens with zero attached hydrogens (tertiary/aromatic N) is 4. The van der Waals surface area contributed by atoms with Gasteiger partial charge in [0, 0.05) is 58.6 Å². The van der Waals surface area contributed by atoms with Crippen LogP contribution in [-0.4, -0.2) is 19.5 Å². The average molecular weight is 747 g/mol. The number of benzene rings is 8. The van der Waals surface area contributed by atoms with Gasteiger partial charge in [-0.2, -0.15) is 0 Å². The fourth-order valence-electron chi connectivity index (χ4n) is 8.62. The van der Waals surface area contributed by atoms with E-state index in [1.165, 1.54) is 36.6 Å². The van der Waals surface area contributed by atoms with Crippen LogP contribution in [0.1, 0.15) is 0 Å².